The smallest absolute Gasteiger partial charge is 0.244 e. The van der Waals surface area contributed by atoms with Gasteiger partial charge in [0.25, 0.3) is 0 Å². The largest absolute Gasteiger partial charge is 0.352 e. The number of benzene rings is 2. The monoisotopic (exact) mass is 551 g/mol. The molecule has 2 aromatic carbocycles. The summed E-state index contributed by atoms with van der Waals surface area (Å²) in [6.45, 7) is 8.96. The third-order valence-corrected chi connectivity index (χ3v) is 7.34. The van der Waals surface area contributed by atoms with Gasteiger partial charge in [-0.1, -0.05) is 47.1 Å². The Balaban J connectivity index is 2.43. The van der Waals surface area contributed by atoms with Gasteiger partial charge >= 0.3 is 0 Å². The molecular formula is C25H34BrN3O4S. The van der Waals surface area contributed by atoms with Gasteiger partial charge in [0, 0.05) is 17.1 Å². The number of hydrogen-bond acceptors (Lipinski definition) is 4. The fourth-order valence-corrected chi connectivity index (χ4v) is 4.81. The molecule has 0 saturated carbocycles. The summed E-state index contributed by atoms with van der Waals surface area (Å²) in [4.78, 5) is 27.9. The van der Waals surface area contributed by atoms with Crippen molar-refractivity contribution in [3.05, 3.63) is 63.6 Å². The molecule has 0 heterocycles. The fourth-order valence-electron chi connectivity index (χ4n) is 3.46. The predicted octanol–water partition coefficient (Wildman–Crippen LogP) is 4.16. The summed E-state index contributed by atoms with van der Waals surface area (Å²) in [5.41, 5.74) is 2.90. The van der Waals surface area contributed by atoms with Gasteiger partial charge in [-0.2, -0.15) is 0 Å². The summed E-state index contributed by atoms with van der Waals surface area (Å²) in [6, 6.07) is 12.1. The molecule has 1 N–H and O–H groups in total. The normalized spacial score (nSPS) is 13.1. The quantitative estimate of drug-likeness (QED) is 0.480. The number of rotatable bonds is 10. The van der Waals surface area contributed by atoms with E-state index in [1.165, 1.54) is 4.90 Å². The number of carbonyl (C=O) groups is 2. The molecule has 0 saturated heterocycles. The van der Waals surface area contributed by atoms with Gasteiger partial charge in [-0.15, -0.1) is 0 Å². The van der Waals surface area contributed by atoms with E-state index in [0.29, 0.717) is 5.69 Å². The van der Waals surface area contributed by atoms with Gasteiger partial charge in [-0.25, -0.2) is 8.42 Å². The molecule has 2 aromatic rings. The van der Waals surface area contributed by atoms with Gasteiger partial charge in [0.2, 0.25) is 21.8 Å². The molecule has 0 aromatic heterocycles. The van der Waals surface area contributed by atoms with Crippen LogP contribution in [0.25, 0.3) is 0 Å². The van der Waals surface area contributed by atoms with Crippen LogP contribution in [0.3, 0.4) is 0 Å². The van der Waals surface area contributed by atoms with Crippen LogP contribution in [0.1, 0.15) is 43.9 Å². The van der Waals surface area contributed by atoms with Gasteiger partial charge in [0.05, 0.1) is 11.9 Å². The Bertz CT molecular complexity index is 1140. The van der Waals surface area contributed by atoms with Crippen molar-refractivity contribution in [3.8, 4) is 0 Å². The number of amides is 2. The van der Waals surface area contributed by atoms with Gasteiger partial charge in [0.15, 0.2) is 0 Å². The predicted molar refractivity (Wildman–Crippen MR) is 140 cm³/mol. The SMILES string of the molecule is CCC(C)NC(=O)C(C)N(Cc1cccc(Br)c1)C(=O)CN(c1cc(C)ccc1C)S(C)(=O)=O. The van der Waals surface area contributed by atoms with Gasteiger partial charge in [-0.3, -0.25) is 13.9 Å². The molecule has 9 heteroatoms. The van der Waals surface area contributed by atoms with E-state index in [0.717, 1.165) is 38.1 Å². The first-order chi connectivity index (χ1) is 15.8. The Hall–Kier alpha value is -2.39. The number of sulfonamides is 1. The molecule has 0 spiro atoms. The van der Waals surface area contributed by atoms with Crippen LogP contribution in [0.2, 0.25) is 0 Å². The van der Waals surface area contributed by atoms with E-state index in [1.54, 1.807) is 19.9 Å². The lowest BCUT2D eigenvalue weighted by Gasteiger charge is -2.32. The summed E-state index contributed by atoms with van der Waals surface area (Å²) in [6.07, 6.45) is 1.84. The van der Waals surface area contributed by atoms with Gasteiger partial charge in [-0.05, 0) is 69.0 Å². The van der Waals surface area contributed by atoms with Crippen molar-refractivity contribution in [1.29, 1.82) is 0 Å². The Morgan fingerprint density at radius 3 is 2.35 bits per heavy atom. The van der Waals surface area contributed by atoms with Gasteiger partial charge < -0.3 is 10.2 Å². The van der Waals surface area contributed by atoms with E-state index in [1.807, 2.05) is 57.2 Å². The zero-order chi connectivity index (χ0) is 25.6. The second-order valence-electron chi connectivity index (χ2n) is 8.70. The highest BCUT2D eigenvalue weighted by Gasteiger charge is 2.31. The summed E-state index contributed by atoms with van der Waals surface area (Å²) in [7, 11) is -3.76. The number of carbonyl (C=O) groups excluding carboxylic acids is 2. The average Bonchev–Trinajstić information content (AvgIpc) is 2.76. The lowest BCUT2D eigenvalue weighted by molar-refractivity contribution is -0.139. The minimum absolute atomic E-state index is 0.0415. The zero-order valence-electron chi connectivity index (χ0n) is 20.6. The molecule has 2 unspecified atom stereocenters. The number of aryl methyl sites for hydroxylation is 2. The highest BCUT2D eigenvalue weighted by atomic mass is 79.9. The maximum atomic E-state index is 13.6. The third-order valence-electron chi connectivity index (χ3n) is 5.72. The highest BCUT2D eigenvalue weighted by Crippen LogP contribution is 2.25. The topological polar surface area (TPSA) is 86.8 Å². The average molecular weight is 553 g/mol. The Kier molecular flexibility index (Phi) is 9.70. The van der Waals surface area contributed by atoms with Crippen LogP contribution >= 0.6 is 15.9 Å². The van der Waals surface area contributed by atoms with Gasteiger partial charge in [0.1, 0.15) is 12.6 Å². The van der Waals surface area contributed by atoms with Crippen LogP contribution in [0.15, 0.2) is 46.9 Å². The van der Waals surface area contributed by atoms with Crippen molar-refractivity contribution in [1.82, 2.24) is 10.2 Å². The molecule has 2 rings (SSSR count). The van der Waals surface area contributed by atoms with Crippen LogP contribution in [0, 0.1) is 13.8 Å². The van der Waals surface area contributed by atoms with E-state index in [4.69, 9.17) is 0 Å². The molecule has 0 aliphatic heterocycles. The molecule has 0 radical (unpaired) electrons. The summed E-state index contributed by atoms with van der Waals surface area (Å²) < 4.78 is 27.4. The number of halogens is 1. The molecule has 0 bridgehead atoms. The fraction of sp³-hybridized carbons (Fsp3) is 0.440. The zero-order valence-corrected chi connectivity index (χ0v) is 23.0. The van der Waals surface area contributed by atoms with Crippen LogP contribution in [-0.2, 0) is 26.2 Å². The minimum atomic E-state index is -3.76. The lowest BCUT2D eigenvalue weighted by atomic mass is 10.1. The van der Waals surface area contributed by atoms with Crippen LogP contribution in [0.4, 0.5) is 5.69 Å². The van der Waals surface area contributed by atoms with Crippen LogP contribution in [-0.4, -0.2) is 50.0 Å². The Labute approximate surface area is 211 Å². The highest BCUT2D eigenvalue weighted by molar-refractivity contribution is 9.10. The summed E-state index contributed by atoms with van der Waals surface area (Å²) in [5.74, 6) is -0.742. The first kappa shape index (κ1) is 27.9. The molecular weight excluding hydrogens is 518 g/mol. The van der Waals surface area contributed by atoms with E-state index in [2.05, 4.69) is 21.2 Å². The number of nitrogens with one attached hydrogen (secondary N) is 1. The molecule has 0 aliphatic carbocycles. The number of nitrogens with zero attached hydrogens (tertiary/aromatic N) is 2. The lowest BCUT2D eigenvalue weighted by Crippen LogP contribution is -2.52. The van der Waals surface area contributed by atoms with Crippen molar-refractivity contribution in [2.24, 2.45) is 0 Å². The minimum Gasteiger partial charge on any atom is -0.352 e. The maximum absolute atomic E-state index is 13.6. The van der Waals surface area contributed by atoms with Crippen molar-refractivity contribution in [2.75, 3.05) is 17.1 Å². The van der Waals surface area contributed by atoms with Crippen LogP contribution < -0.4 is 9.62 Å². The summed E-state index contributed by atoms with van der Waals surface area (Å²) >= 11 is 3.44. The second kappa shape index (κ2) is 11.8. The summed E-state index contributed by atoms with van der Waals surface area (Å²) in [5, 5.41) is 2.92. The molecule has 7 nitrogen and oxygen atoms in total. The van der Waals surface area contributed by atoms with E-state index in [9.17, 15) is 18.0 Å². The molecule has 34 heavy (non-hydrogen) atoms. The standard InChI is InChI=1S/C25H34BrN3O4S/c1-7-19(4)27-25(31)20(5)28(15-21-9-8-10-22(26)14-21)24(30)16-29(34(6,32)33)23-13-17(2)11-12-18(23)3/h8-14,19-20H,7,15-16H2,1-6H3,(H,27,31). The molecule has 2 atom stereocenters. The molecule has 0 aliphatic rings. The van der Waals surface area contributed by atoms with E-state index in [-0.39, 0.29) is 18.5 Å². The number of anilines is 1. The molecule has 0 fully saturated rings. The first-order valence-electron chi connectivity index (χ1n) is 11.2. The molecule has 2 amide bonds. The van der Waals surface area contributed by atoms with Crippen molar-refractivity contribution in [2.45, 2.75) is 59.7 Å². The van der Waals surface area contributed by atoms with Crippen molar-refractivity contribution in [3.63, 3.8) is 0 Å². The van der Waals surface area contributed by atoms with Crippen LogP contribution in [0.5, 0.6) is 0 Å². The number of hydrogen-bond donors (Lipinski definition) is 1. The third kappa shape index (κ3) is 7.56. The maximum Gasteiger partial charge on any atom is 0.244 e. The van der Waals surface area contributed by atoms with Crippen molar-refractivity contribution < 1.29 is 18.0 Å². The second-order valence-corrected chi connectivity index (χ2v) is 11.5. The first-order valence-corrected chi connectivity index (χ1v) is 13.9. The van der Waals surface area contributed by atoms with E-state index < -0.39 is 28.5 Å². The Morgan fingerprint density at radius 2 is 1.76 bits per heavy atom. The van der Waals surface area contributed by atoms with Crippen molar-refractivity contribution >= 4 is 43.5 Å². The Morgan fingerprint density at radius 1 is 1.09 bits per heavy atom. The van der Waals surface area contributed by atoms with E-state index >= 15 is 0 Å². The molecule has 186 valence electrons.